The molecular formula is C19H21NO3. The minimum Gasteiger partial charge on any atom is -0.489 e. The Labute approximate surface area is 136 Å². The zero-order valence-corrected chi connectivity index (χ0v) is 13.0. The van der Waals surface area contributed by atoms with Gasteiger partial charge in [0.15, 0.2) is 0 Å². The van der Waals surface area contributed by atoms with Crippen LogP contribution in [-0.2, 0) is 17.9 Å². The van der Waals surface area contributed by atoms with E-state index in [1.807, 2.05) is 59.5 Å². The summed E-state index contributed by atoms with van der Waals surface area (Å²) in [4.78, 5) is 13.3. The summed E-state index contributed by atoms with van der Waals surface area (Å²) in [6.45, 7) is 2.03. The number of benzene rings is 2. The topological polar surface area (TPSA) is 49.8 Å². The van der Waals surface area contributed by atoms with Crippen molar-refractivity contribution < 1.29 is 14.6 Å². The van der Waals surface area contributed by atoms with Gasteiger partial charge in [-0.3, -0.25) is 9.69 Å². The molecule has 1 saturated heterocycles. The lowest BCUT2D eigenvalue weighted by Gasteiger charge is -2.21. The van der Waals surface area contributed by atoms with Crippen LogP contribution in [0.15, 0.2) is 54.6 Å². The fourth-order valence-corrected chi connectivity index (χ4v) is 3.00. The Hall–Kier alpha value is -2.33. The van der Waals surface area contributed by atoms with E-state index in [1.165, 1.54) is 0 Å². The summed E-state index contributed by atoms with van der Waals surface area (Å²) in [6.07, 6.45) is 1.68. The number of aliphatic carboxylic acids is 1. The second-order valence-electron chi connectivity index (χ2n) is 5.89. The minimum atomic E-state index is -0.723. The Morgan fingerprint density at radius 3 is 2.70 bits per heavy atom. The molecule has 0 amide bonds. The van der Waals surface area contributed by atoms with Crippen LogP contribution >= 0.6 is 0 Å². The summed E-state index contributed by atoms with van der Waals surface area (Å²) in [5.41, 5.74) is 2.21. The molecule has 0 radical (unpaired) electrons. The molecule has 1 unspecified atom stereocenters. The third-order valence-corrected chi connectivity index (χ3v) is 4.18. The molecule has 4 heteroatoms. The van der Waals surface area contributed by atoms with Gasteiger partial charge in [0.1, 0.15) is 18.4 Å². The van der Waals surface area contributed by atoms with Gasteiger partial charge in [-0.2, -0.15) is 0 Å². The number of carboxylic acids is 1. The summed E-state index contributed by atoms with van der Waals surface area (Å²) in [7, 11) is 0. The first-order valence-electron chi connectivity index (χ1n) is 7.95. The van der Waals surface area contributed by atoms with Gasteiger partial charge >= 0.3 is 5.97 Å². The predicted molar refractivity (Wildman–Crippen MR) is 88.3 cm³/mol. The SMILES string of the molecule is O=C(O)C1CCCN1Cc1cccc(OCc2ccccc2)c1. The average molecular weight is 311 g/mol. The monoisotopic (exact) mass is 311 g/mol. The van der Waals surface area contributed by atoms with Gasteiger partial charge < -0.3 is 9.84 Å². The molecule has 120 valence electrons. The molecular weight excluding hydrogens is 290 g/mol. The van der Waals surface area contributed by atoms with E-state index in [0.717, 1.165) is 36.3 Å². The molecule has 1 atom stereocenters. The quantitative estimate of drug-likeness (QED) is 0.889. The maximum atomic E-state index is 11.3. The summed E-state index contributed by atoms with van der Waals surface area (Å²) in [5, 5.41) is 9.26. The van der Waals surface area contributed by atoms with Crippen LogP contribution in [0.2, 0.25) is 0 Å². The number of likely N-dealkylation sites (tertiary alicyclic amines) is 1. The lowest BCUT2D eigenvalue weighted by atomic mass is 10.1. The molecule has 2 aromatic carbocycles. The molecule has 0 aromatic heterocycles. The molecule has 1 aliphatic heterocycles. The van der Waals surface area contributed by atoms with Crippen LogP contribution in [0.3, 0.4) is 0 Å². The molecule has 23 heavy (non-hydrogen) atoms. The van der Waals surface area contributed by atoms with Crippen molar-refractivity contribution in [1.29, 1.82) is 0 Å². The van der Waals surface area contributed by atoms with Gasteiger partial charge in [0.25, 0.3) is 0 Å². The molecule has 3 rings (SSSR count). The van der Waals surface area contributed by atoms with Crippen LogP contribution < -0.4 is 4.74 Å². The lowest BCUT2D eigenvalue weighted by Crippen LogP contribution is -2.35. The molecule has 2 aromatic rings. The number of hydrogen-bond acceptors (Lipinski definition) is 3. The summed E-state index contributed by atoms with van der Waals surface area (Å²) in [6, 6.07) is 17.6. The lowest BCUT2D eigenvalue weighted by molar-refractivity contribution is -0.142. The van der Waals surface area contributed by atoms with Crippen LogP contribution in [0.25, 0.3) is 0 Å². The first kappa shape index (κ1) is 15.6. The maximum absolute atomic E-state index is 11.3. The van der Waals surface area contributed by atoms with Gasteiger partial charge in [-0.25, -0.2) is 0 Å². The molecule has 0 aliphatic carbocycles. The number of rotatable bonds is 6. The van der Waals surface area contributed by atoms with Crippen molar-refractivity contribution >= 4 is 5.97 Å². The van der Waals surface area contributed by atoms with Crippen LogP contribution in [-0.4, -0.2) is 28.6 Å². The van der Waals surface area contributed by atoms with E-state index in [-0.39, 0.29) is 6.04 Å². The van der Waals surface area contributed by atoms with Crippen LogP contribution in [0.1, 0.15) is 24.0 Å². The van der Waals surface area contributed by atoms with Crippen molar-refractivity contribution in [3.63, 3.8) is 0 Å². The van der Waals surface area contributed by atoms with Gasteiger partial charge in [0.2, 0.25) is 0 Å². The third-order valence-electron chi connectivity index (χ3n) is 4.18. The Kier molecular flexibility index (Phi) is 4.93. The molecule has 1 aliphatic rings. The number of hydrogen-bond donors (Lipinski definition) is 1. The molecule has 1 N–H and O–H groups in total. The predicted octanol–water partition coefficient (Wildman–Crippen LogP) is 3.31. The van der Waals surface area contributed by atoms with E-state index in [4.69, 9.17) is 4.74 Å². The Bertz CT molecular complexity index is 657. The van der Waals surface area contributed by atoms with Crippen LogP contribution in [0.5, 0.6) is 5.75 Å². The highest BCUT2D eigenvalue weighted by Gasteiger charge is 2.30. The van der Waals surface area contributed by atoms with Crippen LogP contribution in [0.4, 0.5) is 0 Å². The minimum absolute atomic E-state index is 0.358. The second-order valence-corrected chi connectivity index (χ2v) is 5.89. The van der Waals surface area contributed by atoms with Gasteiger partial charge in [0, 0.05) is 6.54 Å². The number of carbonyl (C=O) groups is 1. The van der Waals surface area contributed by atoms with Crippen molar-refractivity contribution in [2.45, 2.75) is 32.0 Å². The number of ether oxygens (including phenoxy) is 1. The van der Waals surface area contributed by atoms with Crippen molar-refractivity contribution in [1.82, 2.24) is 4.90 Å². The largest absolute Gasteiger partial charge is 0.489 e. The van der Waals surface area contributed by atoms with Gasteiger partial charge in [-0.15, -0.1) is 0 Å². The highest BCUT2D eigenvalue weighted by Crippen LogP contribution is 2.22. The molecule has 4 nitrogen and oxygen atoms in total. The van der Waals surface area contributed by atoms with Gasteiger partial charge in [0.05, 0.1) is 0 Å². The maximum Gasteiger partial charge on any atom is 0.320 e. The Balaban J connectivity index is 1.62. The van der Waals surface area contributed by atoms with Crippen LogP contribution in [0, 0.1) is 0 Å². The van der Waals surface area contributed by atoms with E-state index in [2.05, 4.69) is 0 Å². The van der Waals surface area contributed by atoms with Crippen molar-refractivity contribution in [3.05, 3.63) is 65.7 Å². The van der Waals surface area contributed by atoms with E-state index < -0.39 is 5.97 Å². The van der Waals surface area contributed by atoms with E-state index in [1.54, 1.807) is 0 Å². The molecule has 1 fully saturated rings. The van der Waals surface area contributed by atoms with Gasteiger partial charge in [-0.1, -0.05) is 42.5 Å². The molecule has 0 spiro atoms. The summed E-state index contributed by atoms with van der Waals surface area (Å²) in [5.74, 6) is 0.0939. The van der Waals surface area contributed by atoms with Crippen molar-refractivity contribution in [2.75, 3.05) is 6.54 Å². The van der Waals surface area contributed by atoms with Crippen molar-refractivity contribution in [3.8, 4) is 5.75 Å². The van der Waals surface area contributed by atoms with E-state index >= 15 is 0 Å². The van der Waals surface area contributed by atoms with E-state index in [9.17, 15) is 9.90 Å². The smallest absolute Gasteiger partial charge is 0.320 e. The summed E-state index contributed by atoms with van der Waals surface area (Å²) >= 11 is 0. The van der Waals surface area contributed by atoms with E-state index in [0.29, 0.717) is 13.2 Å². The first-order chi connectivity index (χ1) is 11.2. The zero-order chi connectivity index (χ0) is 16.1. The Morgan fingerprint density at radius 1 is 1.13 bits per heavy atom. The fraction of sp³-hybridized carbons (Fsp3) is 0.316. The molecule has 1 heterocycles. The normalized spacial score (nSPS) is 18.0. The zero-order valence-electron chi connectivity index (χ0n) is 13.0. The fourth-order valence-electron chi connectivity index (χ4n) is 3.00. The molecule has 0 bridgehead atoms. The third kappa shape index (κ3) is 4.11. The Morgan fingerprint density at radius 2 is 1.91 bits per heavy atom. The average Bonchev–Trinajstić information content (AvgIpc) is 3.03. The number of nitrogens with zero attached hydrogens (tertiary/aromatic N) is 1. The summed E-state index contributed by atoms with van der Waals surface area (Å²) < 4.78 is 5.84. The first-order valence-corrected chi connectivity index (χ1v) is 7.95. The highest BCUT2D eigenvalue weighted by molar-refractivity contribution is 5.73. The number of carboxylic acid groups (broad SMARTS) is 1. The standard InChI is InChI=1S/C19H21NO3/c21-19(22)18-10-5-11-20(18)13-16-8-4-9-17(12-16)23-14-15-6-2-1-3-7-15/h1-4,6-9,12,18H,5,10-11,13-14H2,(H,21,22). The molecule has 0 saturated carbocycles. The highest BCUT2D eigenvalue weighted by atomic mass is 16.5. The van der Waals surface area contributed by atoms with Gasteiger partial charge in [-0.05, 0) is 42.6 Å². The second kappa shape index (κ2) is 7.29. The van der Waals surface area contributed by atoms with Crippen molar-refractivity contribution in [2.24, 2.45) is 0 Å².